The van der Waals surface area contributed by atoms with Crippen LogP contribution in [0.2, 0.25) is 0 Å². The molecule has 12 heteroatoms. The van der Waals surface area contributed by atoms with Gasteiger partial charge >= 0.3 is 6.18 Å². The maximum absolute atomic E-state index is 13.5. The number of alkyl halides is 3. The van der Waals surface area contributed by atoms with Crippen LogP contribution >= 0.6 is 0 Å². The summed E-state index contributed by atoms with van der Waals surface area (Å²) in [5, 5.41) is 9.55. The van der Waals surface area contributed by atoms with Crippen molar-refractivity contribution in [3.63, 3.8) is 0 Å². The number of nitrogens with one attached hydrogen (secondary N) is 1. The van der Waals surface area contributed by atoms with Crippen LogP contribution in [0.5, 0.6) is 5.75 Å². The summed E-state index contributed by atoms with van der Waals surface area (Å²) in [7, 11) is -3.01. The number of aromatic nitrogens is 3. The number of pyridine rings is 1. The fourth-order valence-electron chi connectivity index (χ4n) is 3.68. The van der Waals surface area contributed by atoms with Gasteiger partial charge in [-0.3, -0.25) is 4.90 Å². The van der Waals surface area contributed by atoms with Crippen molar-refractivity contribution in [3.8, 4) is 23.1 Å². The van der Waals surface area contributed by atoms with Gasteiger partial charge in [-0.1, -0.05) is 0 Å². The first-order valence-corrected chi connectivity index (χ1v) is 12.0. The number of ether oxygens (including phenoxy) is 1. The van der Waals surface area contributed by atoms with Crippen molar-refractivity contribution in [1.29, 1.82) is 5.26 Å². The van der Waals surface area contributed by atoms with Gasteiger partial charge in [0.2, 0.25) is 0 Å². The molecule has 0 spiro atoms. The van der Waals surface area contributed by atoms with Crippen molar-refractivity contribution in [1.82, 2.24) is 19.9 Å². The third-order valence-electron chi connectivity index (χ3n) is 5.32. The van der Waals surface area contributed by atoms with Crippen molar-refractivity contribution in [2.24, 2.45) is 0 Å². The largest absolute Gasteiger partial charge is 0.493 e. The summed E-state index contributed by atoms with van der Waals surface area (Å²) < 4.78 is 68.9. The molecule has 1 saturated heterocycles. The van der Waals surface area contributed by atoms with Crippen LogP contribution in [-0.2, 0) is 22.6 Å². The molecule has 1 aliphatic heterocycles. The first-order chi connectivity index (χ1) is 15.6. The molecule has 0 aliphatic carbocycles. The Morgan fingerprint density at radius 3 is 2.58 bits per heavy atom. The Balaban J connectivity index is 1.69. The smallest absolute Gasteiger partial charge is 0.419 e. The number of hydrogen-bond acceptors (Lipinski definition) is 7. The van der Waals surface area contributed by atoms with Gasteiger partial charge < -0.3 is 9.72 Å². The van der Waals surface area contributed by atoms with E-state index in [9.17, 15) is 26.9 Å². The minimum Gasteiger partial charge on any atom is -0.493 e. The second-order valence-electron chi connectivity index (χ2n) is 7.62. The van der Waals surface area contributed by atoms with Crippen LogP contribution in [0.15, 0.2) is 24.3 Å². The first-order valence-electron chi connectivity index (χ1n) is 10.2. The molecule has 1 aliphatic rings. The van der Waals surface area contributed by atoms with Gasteiger partial charge in [-0.05, 0) is 31.2 Å². The zero-order chi connectivity index (χ0) is 23.8. The molecular weight excluding hydrogens is 459 g/mol. The molecule has 174 valence electrons. The number of nitrogens with zero attached hydrogens (tertiary/aromatic N) is 4. The molecule has 33 heavy (non-hydrogen) atoms. The van der Waals surface area contributed by atoms with E-state index in [-0.39, 0.29) is 40.8 Å². The van der Waals surface area contributed by atoms with Crippen LogP contribution in [0.3, 0.4) is 0 Å². The summed E-state index contributed by atoms with van der Waals surface area (Å²) >= 11 is 0. The van der Waals surface area contributed by atoms with E-state index in [1.165, 1.54) is 12.1 Å². The van der Waals surface area contributed by atoms with Crippen LogP contribution < -0.4 is 4.74 Å². The lowest BCUT2D eigenvalue weighted by Gasteiger charge is -2.25. The highest BCUT2D eigenvalue weighted by Gasteiger charge is 2.35. The average molecular weight is 479 g/mol. The molecule has 8 nitrogen and oxygen atoms in total. The second kappa shape index (κ2) is 8.64. The van der Waals surface area contributed by atoms with Crippen LogP contribution in [-0.4, -0.2) is 59.5 Å². The van der Waals surface area contributed by atoms with Crippen molar-refractivity contribution >= 4 is 20.9 Å². The molecule has 1 N–H and O–H groups in total. The van der Waals surface area contributed by atoms with Crippen LogP contribution in [0, 0.1) is 11.3 Å². The summed E-state index contributed by atoms with van der Waals surface area (Å²) in [6.07, 6.45) is -4.62. The molecule has 0 radical (unpaired) electrons. The Labute approximate surface area is 187 Å². The number of halogens is 3. The molecule has 2 aromatic heterocycles. The van der Waals surface area contributed by atoms with E-state index in [0.717, 1.165) is 6.07 Å². The van der Waals surface area contributed by atoms with E-state index in [1.807, 2.05) is 11.0 Å². The topological polar surface area (TPSA) is 112 Å². The molecule has 0 bridgehead atoms. The lowest BCUT2D eigenvalue weighted by atomic mass is 10.1. The quantitative estimate of drug-likeness (QED) is 0.598. The number of fused-ring (bicyclic) bond motifs is 1. The first kappa shape index (κ1) is 23.0. The average Bonchev–Trinajstić information content (AvgIpc) is 3.16. The molecule has 0 atom stereocenters. The number of sulfone groups is 1. The van der Waals surface area contributed by atoms with Gasteiger partial charge in [0.05, 0.1) is 41.4 Å². The molecular formula is C21H20F3N5O3S. The fourth-order valence-corrected chi connectivity index (χ4v) is 4.96. The van der Waals surface area contributed by atoms with Gasteiger partial charge in [-0.2, -0.15) is 18.4 Å². The SMILES string of the molecule is CCOc1ccc(-c2cc3[nH]c(CN4CCS(=O)(=O)CC4)nc3c(C#N)n2)cc1C(F)(F)F. The minimum absolute atomic E-state index is 0.0198. The molecule has 3 aromatic rings. The second-order valence-corrected chi connectivity index (χ2v) is 9.92. The number of benzene rings is 1. The van der Waals surface area contributed by atoms with Crippen molar-refractivity contribution in [3.05, 3.63) is 41.3 Å². The van der Waals surface area contributed by atoms with E-state index >= 15 is 0 Å². The molecule has 0 amide bonds. The van der Waals surface area contributed by atoms with Gasteiger partial charge in [-0.15, -0.1) is 0 Å². The molecule has 1 fully saturated rings. The lowest BCUT2D eigenvalue weighted by Crippen LogP contribution is -2.39. The van der Waals surface area contributed by atoms with Crippen molar-refractivity contribution < 1.29 is 26.3 Å². The monoisotopic (exact) mass is 479 g/mol. The Morgan fingerprint density at radius 2 is 1.94 bits per heavy atom. The van der Waals surface area contributed by atoms with Gasteiger partial charge in [-0.25, -0.2) is 18.4 Å². The molecule has 0 saturated carbocycles. The Bertz CT molecular complexity index is 1330. The van der Waals surface area contributed by atoms with Crippen LogP contribution in [0.1, 0.15) is 24.0 Å². The highest BCUT2D eigenvalue weighted by molar-refractivity contribution is 7.91. The van der Waals surface area contributed by atoms with E-state index in [4.69, 9.17) is 4.74 Å². The predicted molar refractivity (Wildman–Crippen MR) is 114 cm³/mol. The number of nitriles is 1. The third kappa shape index (κ3) is 4.94. The van der Waals surface area contributed by atoms with Gasteiger partial charge in [0.15, 0.2) is 15.5 Å². The lowest BCUT2D eigenvalue weighted by molar-refractivity contribution is -0.138. The molecule has 3 heterocycles. The highest BCUT2D eigenvalue weighted by atomic mass is 32.2. The summed E-state index contributed by atoms with van der Waals surface area (Å²) in [5.74, 6) is 0.383. The summed E-state index contributed by atoms with van der Waals surface area (Å²) in [6.45, 7) is 2.79. The van der Waals surface area contributed by atoms with E-state index in [2.05, 4.69) is 15.0 Å². The van der Waals surface area contributed by atoms with E-state index in [0.29, 0.717) is 36.5 Å². The van der Waals surface area contributed by atoms with Gasteiger partial charge in [0, 0.05) is 18.7 Å². The highest BCUT2D eigenvalue weighted by Crippen LogP contribution is 2.39. The zero-order valence-corrected chi connectivity index (χ0v) is 18.4. The fraction of sp³-hybridized carbons (Fsp3) is 0.381. The predicted octanol–water partition coefficient (Wildman–Crippen LogP) is 3.14. The normalized spacial score (nSPS) is 16.6. The summed E-state index contributed by atoms with van der Waals surface area (Å²) in [4.78, 5) is 13.7. The Hall–Kier alpha value is -3.17. The number of aromatic amines is 1. The van der Waals surface area contributed by atoms with Gasteiger partial charge in [0.25, 0.3) is 0 Å². The maximum atomic E-state index is 13.5. The van der Waals surface area contributed by atoms with Gasteiger partial charge in [0.1, 0.15) is 23.2 Å². The Kier molecular flexibility index (Phi) is 6.02. The maximum Gasteiger partial charge on any atom is 0.419 e. The number of hydrogen-bond donors (Lipinski definition) is 1. The Morgan fingerprint density at radius 1 is 1.21 bits per heavy atom. The van der Waals surface area contributed by atoms with Crippen LogP contribution in [0.25, 0.3) is 22.3 Å². The zero-order valence-electron chi connectivity index (χ0n) is 17.6. The minimum atomic E-state index is -4.62. The van der Waals surface area contributed by atoms with Crippen molar-refractivity contribution in [2.75, 3.05) is 31.2 Å². The molecule has 0 unspecified atom stereocenters. The van der Waals surface area contributed by atoms with E-state index < -0.39 is 21.6 Å². The van der Waals surface area contributed by atoms with E-state index in [1.54, 1.807) is 13.0 Å². The number of rotatable bonds is 5. The number of imidazole rings is 1. The van der Waals surface area contributed by atoms with Crippen LogP contribution in [0.4, 0.5) is 13.2 Å². The molecule has 4 rings (SSSR count). The van der Waals surface area contributed by atoms with Crippen molar-refractivity contribution in [2.45, 2.75) is 19.6 Å². The number of H-pyrrole nitrogens is 1. The summed E-state index contributed by atoms with van der Waals surface area (Å²) in [5.41, 5.74) is 0.191. The third-order valence-corrected chi connectivity index (χ3v) is 6.92. The standard InChI is InChI=1S/C21H20F3N5O3S/c1-2-32-18-4-3-13(9-14(18)21(22,23)24)15-10-16-20(17(11-25)26-15)28-19(27-16)12-29-5-7-33(30,31)8-6-29/h3-4,9-10H,2,5-8,12H2,1H3,(H,27,28). The molecule has 1 aromatic carbocycles. The summed E-state index contributed by atoms with van der Waals surface area (Å²) in [6, 6.07) is 7.14.